The lowest BCUT2D eigenvalue weighted by molar-refractivity contribution is 0.158. The Morgan fingerprint density at radius 3 is 2.45 bits per heavy atom. The van der Waals surface area contributed by atoms with E-state index in [1.165, 1.54) is 19.2 Å². The maximum Gasteiger partial charge on any atom is 0.339 e. The summed E-state index contributed by atoms with van der Waals surface area (Å²) < 4.78 is 42.4. The van der Waals surface area contributed by atoms with Crippen molar-refractivity contribution in [3.05, 3.63) is 76.9 Å². The monoisotopic (exact) mass is 467 g/mol. The van der Waals surface area contributed by atoms with Crippen LogP contribution in [-0.2, 0) is 29.5 Å². The van der Waals surface area contributed by atoms with Gasteiger partial charge in [0.25, 0.3) is 0 Å². The highest BCUT2D eigenvalue weighted by Gasteiger charge is 2.36. The molecule has 2 aliphatic rings. The predicted molar refractivity (Wildman–Crippen MR) is 122 cm³/mol. The fraction of sp³-hybridized carbons (Fsp3) is 0.280. The summed E-state index contributed by atoms with van der Waals surface area (Å²) >= 11 is 0. The minimum atomic E-state index is -4.02. The van der Waals surface area contributed by atoms with Gasteiger partial charge in [-0.25, -0.2) is 0 Å². The summed E-state index contributed by atoms with van der Waals surface area (Å²) in [6, 6.07) is 15.6. The Labute approximate surface area is 193 Å². The van der Waals surface area contributed by atoms with Crippen LogP contribution in [0.3, 0.4) is 0 Å². The van der Waals surface area contributed by atoms with Crippen molar-refractivity contribution < 1.29 is 27.2 Å². The zero-order chi connectivity index (χ0) is 23.2. The van der Waals surface area contributed by atoms with Gasteiger partial charge in [-0.1, -0.05) is 24.3 Å². The lowest BCUT2D eigenvalue weighted by atomic mass is 9.83. The Morgan fingerprint density at radius 2 is 1.73 bits per heavy atom. The van der Waals surface area contributed by atoms with Crippen LogP contribution in [0.4, 0.5) is 0 Å². The minimum Gasteiger partial charge on any atom is -0.504 e. The summed E-state index contributed by atoms with van der Waals surface area (Å²) in [5, 5.41) is 10.4. The van der Waals surface area contributed by atoms with Gasteiger partial charge in [0.15, 0.2) is 23.0 Å². The first-order chi connectivity index (χ1) is 15.9. The van der Waals surface area contributed by atoms with Crippen LogP contribution >= 0.6 is 0 Å². The highest BCUT2D eigenvalue weighted by atomic mass is 32.2. The third kappa shape index (κ3) is 3.79. The van der Waals surface area contributed by atoms with Gasteiger partial charge in [-0.15, -0.1) is 0 Å². The standard InChI is InChI=1S/C25H25NO6S/c1-30-23-9-8-16-12-21-19-14-22(27)24(31-2)13-17(19)10-11-26(21)15-20(16)25(23)32-33(28,29)18-6-4-3-5-7-18/h3-9,13-14,21,27H,10-12,15H2,1-2H3. The van der Waals surface area contributed by atoms with Gasteiger partial charge in [-0.05, 0) is 59.9 Å². The molecule has 8 heteroatoms. The molecule has 172 valence electrons. The Hall–Kier alpha value is -3.23. The molecule has 0 aliphatic carbocycles. The van der Waals surface area contributed by atoms with Crippen LogP contribution in [0.5, 0.6) is 23.0 Å². The van der Waals surface area contributed by atoms with Crippen molar-refractivity contribution >= 4 is 10.1 Å². The van der Waals surface area contributed by atoms with Gasteiger partial charge in [0, 0.05) is 24.7 Å². The molecule has 33 heavy (non-hydrogen) atoms. The van der Waals surface area contributed by atoms with Crippen LogP contribution in [0, 0.1) is 0 Å². The first-order valence-electron chi connectivity index (χ1n) is 10.7. The van der Waals surface area contributed by atoms with Crippen molar-refractivity contribution in [2.45, 2.75) is 30.3 Å². The summed E-state index contributed by atoms with van der Waals surface area (Å²) in [5.74, 6) is 1.22. The summed E-state index contributed by atoms with van der Waals surface area (Å²) in [5.41, 5.74) is 4.04. The van der Waals surface area contributed by atoms with E-state index in [2.05, 4.69) is 4.90 Å². The van der Waals surface area contributed by atoms with Crippen LogP contribution in [0.25, 0.3) is 0 Å². The molecule has 2 aliphatic heterocycles. The zero-order valence-corrected chi connectivity index (χ0v) is 19.3. The van der Waals surface area contributed by atoms with Crippen molar-refractivity contribution in [2.75, 3.05) is 20.8 Å². The van der Waals surface area contributed by atoms with E-state index in [4.69, 9.17) is 13.7 Å². The molecule has 0 radical (unpaired) electrons. The van der Waals surface area contributed by atoms with Crippen molar-refractivity contribution in [3.8, 4) is 23.0 Å². The molecule has 2 heterocycles. The highest BCUT2D eigenvalue weighted by Crippen LogP contribution is 2.46. The fourth-order valence-corrected chi connectivity index (χ4v) is 5.77. The van der Waals surface area contributed by atoms with Crippen LogP contribution in [-0.4, -0.2) is 39.2 Å². The number of hydrogen-bond acceptors (Lipinski definition) is 7. The molecular weight excluding hydrogens is 442 g/mol. The SMILES string of the molecule is COc1cc2c(cc1O)C1Cc3ccc(OC)c(OS(=O)(=O)c4ccccc4)c3CN1CC2. The van der Waals surface area contributed by atoms with E-state index in [1.807, 2.05) is 12.1 Å². The maximum absolute atomic E-state index is 13.0. The summed E-state index contributed by atoms with van der Waals surface area (Å²) in [6.45, 7) is 1.32. The van der Waals surface area contributed by atoms with E-state index >= 15 is 0 Å². The van der Waals surface area contributed by atoms with Gasteiger partial charge in [-0.2, -0.15) is 8.42 Å². The number of ether oxygens (including phenoxy) is 2. The van der Waals surface area contributed by atoms with Gasteiger partial charge in [0.05, 0.1) is 14.2 Å². The van der Waals surface area contributed by atoms with Crippen molar-refractivity contribution in [1.29, 1.82) is 0 Å². The number of hydrogen-bond donors (Lipinski definition) is 1. The number of phenols is 1. The first-order valence-corrected chi connectivity index (χ1v) is 12.1. The molecule has 0 spiro atoms. The Kier molecular flexibility index (Phi) is 5.42. The smallest absolute Gasteiger partial charge is 0.339 e. The van der Waals surface area contributed by atoms with E-state index in [9.17, 15) is 13.5 Å². The van der Waals surface area contributed by atoms with E-state index < -0.39 is 10.1 Å². The largest absolute Gasteiger partial charge is 0.504 e. The molecule has 3 aromatic rings. The Balaban J connectivity index is 1.54. The minimum absolute atomic E-state index is 0.0741. The van der Waals surface area contributed by atoms with E-state index in [-0.39, 0.29) is 22.4 Å². The van der Waals surface area contributed by atoms with Crippen LogP contribution < -0.4 is 13.7 Å². The first kappa shape index (κ1) is 21.6. The molecule has 0 aromatic heterocycles. The number of methoxy groups -OCH3 is 2. The van der Waals surface area contributed by atoms with E-state index in [0.717, 1.165) is 35.2 Å². The van der Waals surface area contributed by atoms with E-state index in [0.29, 0.717) is 24.5 Å². The lowest BCUT2D eigenvalue weighted by Gasteiger charge is -2.42. The van der Waals surface area contributed by atoms with E-state index in [1.54, 1.807) is 37.4 Å². The molecule has 0 saturated carbocycles. The molecule has 1 unspecified atom stereocenters. The predicted octanol–water partition coefficient (Wildman–Crippen LogP) is 3.83. The normalized spacial score (nSPS) is 17.5. The Bertz CT molecular complexity index is 1310. The highest BCUT2D eigenvalue weighted by molar-refractivity contribution is 7.87. The third-order valence-corrected chi connectivity index (χ3v) is 7.69. The van der Waals surface area contributed by atoms with Crippen molar-refractivity contribution in [2.24, 2.45) is 0 Å². The van der Waals surface area contributed by atoms with Crippen LogP contribution in [0.1, 0.15) is 28.3 Å². The molecular formula is C25H25NO6S. The second kappa shape index (κ2) is 8.28. The van der Waals surface area contributed by atoms with Crippen molar-refractivity contribution in [3.63, 3.8) is 0 Å². The molecule has 0 fully saturated rings. The second-order valence-corrected chi connectivity index (χ2v) is 9.79. The third-order valence-electron chi connectivity index (χ3n) is 6.45. The Morgan fingerprint density at radius 1 is 0.970 bits per heavy atom. The number of aromatic hydroxyl groups is 1. The molecule has 5 rings (SSSR count). The van der Waals surface area contributed by atoms with Gasteiger partial charge >= 0.3 is 10.1 Å². The number of benzene rings is 3. The topological polar surface area (TPSA) is 85.3 Å². The number of nitrogens with zero attached hydrogens (tertiary/aromatic N) is 1. The quantitative estimate of drug-likeness (QED) is 0.571. The molecule has 0 saturated heterocycles. The number of rotatable bonds is 5. The zero-order valence-electron chi connectivity index (χ0n) is 18.4. The van der Waals surface area contributed by atoms with Crippen LogP contribution in [0.15, 0.2) is 59.5 Å². The van der Waals surface area contributed by atoms with Gasteiger partial charge < -0.3 is 18.8 Å². The number of phenolic OH excluding ortho intramolecular Hbond substituents is 1. The molecule has 3 aromatic carbocycles. The molecule has 0 amide bonds. The lowest BCUT2D eigenvalue weighted by Crippen LogP contribution is -2.39. The maximum atomic E-state index is 13.0. The molecule has 1 atom stereocenters. The average molecular weight is 468 g/mol. The number of fused-ring (bicyclic) bond motifs is 4. The van der Waals surface area contributed by atoms with Gasteiger partial charge in [-0.3, -0.25) is 4.90 Å². The van der Waals surface area contributed by atoms with Gasteiger partial charge in [0.2, 0.25) is 0 Å². The average Bonchev–Trinajstić information content (AvgIpc) is 2.83. The van der Waals surface area contributed by atoms with Gasteiger partial charge in [0.1, 0.15) is 4.90 Å². The summed E-state index contributed by atoms with van der Waals surface area (Å²) in [4.78, 5) is 2.38. The van der Waals surface area contributed by atoms with Crippen molar-refractivity contribution in [1.82, 2.24) is 4.90 Å². The molecule has 0 bridgehead atoms. The fourth-order valence-electron chi connectivity index (χ4n) is 4.78. The molecule has 1 N–H and O–H groups in total. The van der Waals surface area contributed by atoms with Crippen LogP contribution in [0.2, 0.25) is 0 Å². The molecule has 7 nitrogen and oxygen atoms in total. The summed E-state index contributed by atoms with van der Waals surface area (Å²) in [6.07, 6.45) is 1.47. The summed E-state index contributed by atoms with van der Waals surface area (Å²) in [7, 11) is -0.966. The second-order valence-electron chi connectivity index (χ2n) is 8.25.